The summed E-state index contributed by atoms with van der Waals surface area (Å²) in [5.41, 5.74) is 0. The van der Waals surface area contributed by atoms with Gasteiger partial charge in [0, 0.05) is 0 Å². The summed E-state index contributed by atoms with van der Waals surface area (Å²) in [5, 5.41) is 0. The van der Waals surface area contributed by atoms with Crippen LogP contribution in [-0.2, 0) is 4.79 Å². The van der Waals surface area contributed by atoms with E-state index in [0.29, 0.717) is 5.78 Å². The van der Waals surface area contributed by atoms with Crippen LogP contribution in [0.25, 0.3) is 0 Å². The number of hydrogen-bond acceptors (Lipinski definition) is 1. The average molecular weight is 429 g/mol. The fraction of sp³-hybridized carbons (Fsp3) is 0.952. The van der Waals surface area contributed by atoms with Crippen LogP contribution in [0.2, 0.25) is 17.2 Å². The molecule has 1 saturated carbocycles. The summed E-state index contributed by atoms with van der Waals surface area (Å²) >= 11 is -2.16. The van der Waals surface area contributed by atoms with Crippen LogP contribution in [0.5, 0.6) is 0 Å². The van der Waals surface area contributed by atoms with Gasteiger partial charge in [0.05, 0.1) is 0 Å². The van der Waals surface area contributed by atoms with Gasteiger partial charge in [-0.2, -0.15) is 0 Å². The second-order valence-corrected chi connectivity index (χ2v) is 22.3. The van der Waals surface area contributed by atoms with Crippen LogP contribution in [0.4, 0.5) is 0 Å². The van der Waals surface area contributed by atoms with E-state index in [1.54, 1.807) is 13.3 Å². The van der Waals surface area contributed by atoms with Crippen molar-refractivity contribution in [2.24, 2.45) is 5.92 Å². The first kappa shape index (κ1) is 21.5. The van der Waals surface area contributed by atoms with Crippen LogP contribution < -0.4 is 0 Å². The molecule has 1 aliphatic carbocycles. The Balaban J connectivity index is 2.99. The SMILES string of the molecule is CCC[CH2][Sn]([CH2]CCC)([CH2]CCC)[C@H](CC)[C@@H]1CCCC(=O)C1. The Bertz CT molecular complexity index is 304. The molecule has 0 spiro atoms. The van der Waals surface area contributed by atoms with Gasteiger partial charge < -0.3 is 0 Å². The molecular weight excluding hydrogens is 387 g/mol. The zero-order valence-corrected chi connectivity index (χ0v) is 19.3. The first-order valence-corrected chi connectivity index (χ1v) is 18.3. The first-order valence-electron chi connectivity index (χ1n) is 10.6. The summed E-state index contributed by atoms with van der Waals surface area (Å²) in [6, 6.07) is 0. The van der Waals surface area contributed by atoms with Crippen LogP contribution in [-0.4, -0.2) is 24.2 Å². The third kappa shape index (κ3) is 6.71. The molecule has 0 amide bonds. The molecule has 0 heterocycles. The van der Waals surface area contributed by atoms with Crippen LogP contribution >= 0.6 is 0 Å². The summed E-state index contributed by atoms with van der Waals surface area (Å²) in [5.74, 6) is 1.34. The van der Waals surface area contributed by atoms with Crippen molar-refractivity contribution in [2.75, 3.05) is 0 Å². The van der Waals surface area contributed by atoms with Gasteiger partial charge in [-0.1, -0.05) is 0 Å². The van der Waals surface area contributed by atoms with E-state index >= 15 is 0 Å². The van der Waals surface area contributed by atoms with Crippen molar-refractivity contribution in [3.8, 4) is 0 Å². The van der Waals surface area contributed by atoms with E-state index in [0.717, 1.165) is 22.7 Å². The van der Waals surface area contributed by atoms with Crippen molar-refractivity contribution in [2.45, 2.75) is 116 Å². The second-order valence-electron chi connectivity index (χ2n) is 8.08. The van der Waals surface area contributed by atoms with Gasteiger partial charge in [0.1, 0.15) is 0 Å². The Morgan fingerprint density at radius 2 is 1.48 bits per heavy atom. The maximum absolute atomic E-state index is 12.1. The molecule has 136 valence electrons. The van der Waals surface area contributed by atoms with Crippen LogP contribution in [0.3, 0.4) is 0 Å². The molecule has 1 rings (SSSR count). The van der Waals surface area contributed by atoms with Crippen LogP contribution in [0.1, 0.15) is 98.3 Å². The molecule has 0 aromatic rings. The van der Waals surface area contributed by atoms with Gasteiger partial charge in [-0.15, -0.1) is 0 Å². The maximum atomic E-state index is 12.1. The van der Waals surface area contributed by atoms with Gasteiger partial charge in [0.25, 0.3) is 0 Å². The summed E-state index contributed by atoms with van der Waals surface area (Å²) in [7, 11) is 0. The molecule has 23 heavy (non-hydrogen) atoms. The van der Waals surface area contributed by atoms with E-state index in [9.17, 15) is 4.79 Å². The monoisotopic (exact) mass is 430 g/mol. The van der Waals surface area contributed by atoms with E-state index in [4.69, 9.17) is 0 Å². The summed E-state index contributed by atoms with van der Waals surface area (Å²) < 4.78 is 5.80. The fourth-order valence-electron chi connectivity index (χ4n) is 5.19. The number of carbonyl (C=O) groups is 1. The molecule has 2 heteroatoms. The Morgan fingerprint density at radius 3 is 1.87 bits per heavy atom. The average Bonchev–Trinajstić information content (AvgIpc) is 2.56. The topological polar surface area (TPSA) is 17.1 Å². The number of rotatable bonds is 12. The quantitative estimate of drug-likeness (QED) is 0.296. The van der Waals surface area contributed by atoms with Crippen molar-refractivity contribution in [3.63, 3.8) is 0 Å². The van der Waals surface area contributed by atoms with Gasteiger partial charge >= 0.3 is 150 Å². The molecule has 0 aromatic heterocycles. The fourth-order valence-corrected chi connectivity index (χ4v) is 25.7. The predicted octanol–water partition coefficient (Wildman–Crippen LogP) is 7.38. The Morgan fingerprint density at radius 1 is 0.957 bits per heavy atom. The molecule has 1 fully saturated rings. The molecule has 2 atom stereocenters. The Hall–Kier alpha value is 0.469. The molecule has 0 bridgehead atoms. The van der Waals surface area contributed by atoms with Crippen molar-refractivity contribution in [1.82, 2.24) is 0 Å². The molecule has 0 aliphatic heterocycles. The van der Waals surface area contributed by atoms with Gasteiger partial charge in [-0.25, -0.2) is 0 Å². The molecule has 0 unspecified atom stereocenters. The number of carbonyl (C=O) groups excluding carboxylic acids is 1. The van der Waals surface area contributed by atoms with Crippen molar-refractivity contribution in [3.05, 3.63) is 0 Å². The van der Waals surface area contributed by atoms with E-state index in [-0.39, 0.29) is 0 Å². The number of ketones is 1. The van der Waals surface area contributed by atoms with Gasteiger partial charge in [0.15, 0.2) is 0 Å². The number of Topliss-reactive ketones (excluding diaryl/α,β-unsaturated/α-hetero) is 1. The second kappa shape index (κ2) is 11.9. The third-order valence-corrected chi connectivity index (χ3v) is 25.0. The zero-order chi connectivity index (χ0) is 17.1. The van der Waals surface area contributed by atoms with Gasteiger partial charge in [0.2, 0.25) is 0 Å². The Labute approximate surface area is 150 Å². The van der Waals surface area contributed by atoms with Crippen molar-refractivity contribution < 1.29 is 4.79 Å². The Kier molecular flexibility index (Phi) is 11.2. The molecule has 1 aliphatic rings. The molecular formula is C21H42OSn. The van der Waals surface area contributed by atoms with Gasteiger partial charge in [-0.05, 0) is 0 Å². The molecule has 0 aromatic carbocycles. The number of unbranched alkanes of at least 4 members (excludes halogenated alkanes) is 3. The van der Waals surface area contributed by atoms with Crippen LogP contribution in [0, 0.1) is 5.92 Å². The minimum atomic E-state index is -2.16. The van der Waals surface area contributed by atoms with Crippen molar-refractivity contribution in [1.29, 1.82) is 0 Å². The van der Waals surface area contributed by atoms with Gasteiger partial charge in [-0.3, -0.25) is 0 Å². The summed E-state index contributed by atoms with van der Waals surface area (Å²) in [6.07, 6.45) is 14.2. The normalized spacial score (nSPS) is 20.7. The first-order chi connectivity index (χ1) is 11.1. The predicted molar refractivity (Wildman–Crippen MR) is 106 cm³/mol. The summed E-state index contributed by atoms with van der Waals surface area (Å²) in [4.78, 5) is 12.1. The number of hydrogen-bond donors (Lipinski definition) is 0. The molecule has 0 N–H and O–H groups in total. The molecule has 1 nitrogen and oxygen atoms in total. The van der Waals surface area contributed by atoms with Crippen LogP contribution in [0.15, 0.2) is 0 Å². The van der Waals surface area contributed by atoms with E-state index < -0.39 is 18.4 Å². The van der Waals surface area contributed by atoms with Crippen molar-refractivity contribution >= 4 is 24.2 Å². The van der Waals surface area contributed by atoms with E-state index in [2.05, 4.69) is 27.7 Å². The van der Waals surface area contributed by atoms with E-state index in [1.165, 1.54) is 57.8 Å². The summed E-state index contributed by atoms with van der Waals surface area (Å²) in [6.45, 7) is 9.53. The standard InChI is InChI=1S/C9H15O.3C4H9.Sn/c1-2-4-8-5-3-6-9(10)7-8;3*1-3-4-2;/h4,8H,2-3,5-7H2,1H3;3*1,3-4H2,2H3;/t8-;;;;/m1..../s1. The van der Waals surface area contributed by atoms with E-state index in [1.807, 2.05) is 0 Å². The minimum absolute atomic E-state index is 0.571. The molecule has 0 saturated heterocycles. The molecule has 0 radical (unpaired) electrons. The zero-order valence-electron chi connectivity index (χ0n) is 16.5. The third-order valence-electron chi connectivity index (χ3n) is 6.40.